The van der Waals surface area contributed by atoms with Gasteiger partial charge in [0.2, 0.25) is 0 Å². The van der Waals surface area contributed by atoms with Gasteiger partial charge in [0, 0.05) is 28.9 Å². The predicted molar refractivity (Wildman–Crippen MR) is 94.6 cm³/mol. The Morgan fingerprint density at radius 1 is 1.26 bits per heavy atom. The molecule has 1 N–H and O–H groups in total. The maximum Gasteiger partial charge on any atom is 0.139 e. The van der Waals surface area contributed by atoms with Crippen LogP contribution in [0.1, 0.15) is 19.3 Å². The van der Waals surface area contributed by atoms with Crippen LogP contribution in [0.3, 0.4) is 0 Å². The molecule has 1 fully saturated rings. The molecule has 2 atom stereocenters. The van der Waals surface area contributed by atoms with Crippen LogP contribution >= 0.6 is 11.8 Å². The monoisotopic (exact) mass is 329 g/mol. The first-order valence-electron chi connectivity index (χ1n) is 8.43. The third-order valence-electron chi connectivity index (χ3n) is 5.10. The number of ether oxygens (including phenoxy) is 2. The molecule has 0 aromatic rings. The Bertz CT molecular complexity index is 623. The quantitative estimate of drug-likeness (QED) is 0.832. The van der Waals surface area contributed by atoms with Gasteiger partial charge in [0.15, 0.2) is 0 Å². The van der Waals surface area contributed by atoms with Crippen molar-refractivity contribution in [3.05, 3.63) is 58.6 Å². The number of nitrogens with one attached hydrogen (secondary N) is 1. The van der Waals surface area contributed by atoms with Crippen molar-refractivity contribution in [2.45, 2.75) is 24.5 Å². The van der Waals surface area contributed by atoms with Crippen LogP contribution in [-0.4, -0.2) is 25.4 Å². The summed E-state index contributed by atoms with van der Waals surface area (Å²) in [4.78, 5) is 1.41. The zero-order chi connectivity index (χ0) is 15.6. The van der Waals surface area contributed by atoms with E-state index < -0.39 is 0 Å². The summed E-state index contributed by atoms with van der Waals surface area (Å²) in [6, 6.07) is 0. The number of hydrogen-bond donors (Lipinski definition) is 1. The summed E-state index contributed by atoms with van der Waals surface area (Å²) in [7, 11) is 1.77. The molecule has 0 saturated carbocycles. The van der Waals surface area contributed by atoms with Gasteiger partial charge in [0.1, 0.15) is 5.76 Å². The molecule has 1 saturated heterocycles. The summed E-state index contributed by atoms with van der Waals surface area (Å²) in [5.74, 6) is 3.26. The molecular formula is C19H23NO2S. The highest BCUT2D eigenvalue weighted by molar-refractivity contribution is 8.04. The second-order valence-electron chi connectivity index (χ2n) is 6.46. The lowest BCUT2D eigenvalue weighted by Gasteiger charge is -2.35. The van der Waals surface area contributed by atoms with E-state index in [4.69, 9.17) is 9.47 Å². The van der Waals surface area contributed by atoms with Crippen molar-refractivity contribution >= 4 is 11.8 Å². The summed E-state index contributed by atoms with van der Waals surface area (Å²) in [5, 5.41) is 3.85. The van der Waals surface area contributed by atoms with E-state index in [0.29, 0.717) is 17.1 Å². The van der Waals surface area contributed by atoms with E-state index >= 15 is 0 Å². The van der Waals surface area contributed by atoms with Gasteiger partial charge in [-0.15, -0.1) is 11.8 Å². The first-order valence-corrected chi connectivity index (χ1v) is 9.31. The minimum atomic E-state index is 0.370. The first-order chi connectivity index (χ1) is 11.3. The van der Waals surface area contributed by atoms with E-state index in [1.807, 2.05) is 18.0 Å². The Morgan fingerprint density at radius 2 is 2.13 bits per heavy atom. The lowest BCUT2D eigenvalue weighted by Crippen LogP contribution is -2.33. The summed E-state index contributed by atoms with van der Waals surface area (Å²) in [6.45, 7) is 2.24. The number of hydrogen-bond acceptors (Lipinski definition) is 4. The van der Waals surface area contributed by atoms with E-state index in [0.717, 1.165) is 31.0 Å². The van der Waals surface area contributed by atoms with E-state index in [2.05, 4.69) is 35.7 Å². The van der Waals surface area contributed by atoms with Crippen molar-refractivity contribution in [3.8, 4) is 0 Å². The lowest BCUT2D eigenvalue weighted by atomic mass is 9.80. The topological polar surface area (TPSA) is 30.5 Å². The van der Waals surface area contributed by atoms with Gasteiger partial charge in [0.05, 0.1) is 24.4 Å². The fraction of sp³-hybridized carbons (Fsp3) is 0.474. The molecule has 2 aliphatic heterocycles. The summed E-state index contributed by atoms with van der Waals surface area (Å²) < 4.78 is 11.7. The molecule has 4 aliphatic rings. The van der Waals surface area contributed by atoms with Crippen LogP contribution in [0.5, 0.6) is 0 Å². The molecule has 4 rings (SSSR count). The van der Waals surface area contributed by atoms with Crippen molar-refractivity contribution in [1.29, 1.82) is 0 Å². The number of fused-ring (bicyclic) bond motifs is 1. The molecule has 0 aromatic carbocycles. The van der Waals surface area contributed by atoms with Crippen LogP contribution in [0.4, 0.5) is 0 Å². The van der Waals surface area contributed by atoms with E-state index in [-0.39, 0.29) is 0 Å². The number of methoxy groups -OCH3 is 1. The molecule has 0 spiro atoms. The van der Waals surface area contributed by atoms with Crippen LogP contribution in [0, 0.1) is 11.8 Å². The fourth-order valence-corrected chi connectivity index (χ4v) is 5.18. The molecule has 23 heavy (non-hydrogen) atoms. The smallest absolute Gasteiger partial charge is 0.139 e. The van der Waals surface area contributed by atoms with Crippen LogP contribution in [0.15, 0.2) is 58.6 Å². The van der Waals surface area contributed by atoms with Crippen molar-refractivity contribution in [1.82, 2.24) is 5.32 Å². The highest BCUT2D eigenvalue weighted by atomic mass is 32.2. The maximum absolute atomic E-state index is 6.07. The molecular weight excluding hydrogens is 306 g/mol. The normalized spacial score (nSPS) is 30.7. The van der Waals surface area contributed by atoms with Crippen molar-refractivity contribution in [2.75, 3.05) is 20.2 Å². The van der Waals surface area contributed by atoms with Gasteiger partial charge >= 0.3 is 0 Å². The van der Waals surface area contributed by atoms with Crippen LogP contribution in [0.2, 0.25) is 0 Å². The Kier molecular flexibility index (Phi) is 4.36. The maximum atomic E-state index is 6.07. The molecule has 0 aromatic heterocycles. The predicted octanol–water partition coefficient (Wildman–Crippen LogP) is 3.89. The van der Waals surface area contributed by atoms with Crippen LogP contribution in [-0.2, 0) is 9.47 Å². The molecule has 2 heterocycles. The summed E-state index contributed by atoms with van der Waals surface area (Å²) in [6.07, 6.45) is 16.1. The second-order valence-corrected chi connectivity index (χ2v) is 7.64. The summed E-state index contributed by atoms with van der Waals surface area (Å²) in [5.41, 5.74) is 1.24. The largest absolute Gasteiger partial charge is 0.501 e. The van der Waals surface area contributed by atoms with Crippen LogP contribution in [0.25, 0.3) is 0 Å². The molecule has 2 aliphatic carbocycles. The van der Waals surface area contributed by atoms with Crippen molar-refractivity contribution in [3.63, 3.8) is 0 Å². The highest BCUT2D eigenvalue weighted by Gasteiger charge is 2.35. The molecule has 0 radical (unpaired) electrons. The molecule has 4 heteroatoms. The Hall–Kier alpha value is -1.39. The third-order valence-corrected chi connectivity index (χ3v) is 6.54. The Balaban J connectivity index is 1.67. The van der Waals surface area contributed by atoms with Gasteiger partial charge in [-0.3, -0.25) is 0 Å². The van der Waals surface area contributed by atoms with Gasteiger partial charge in [-0.2, -0.15) is 0 Å². The minimum absolute atomic E-state index is 0.370. The molecule has 3 nitrogen and oxygen atoms in total. The highest BCUT2D eigenvalue weighted by Crippen LogP contribution is 2.48. The molecule has 0 bridgehead atoms. The zero-order valence-electron chi connectivity index (χ0n) is 13.5. The van der Waals surface area contributed by atoms with Crippen LogP contribution < -0.4 is 5.32 Å². The average molecular weight is 329 g/mol. The number of piperidine rings is 1. The Labute approximate surface area is 142 Å². The SMILES string of the molecule is COC1=CC2=C(SC3C=CC=CC3=CO2)C(C2CCNCC2)C1. The lowest BCUT2D eigenvalue weighted by molar-refractivity contribution is 0.215. The van der Waals surface area contributed by atoms with Gasteiger partial charge in [-0.05, 0) is 31.8 Å². The number of allylic oxidation sites excluding steroid dienone is 6. The third kappa shape index (κ3) is 3.02. The standard InChI is InChI=1S/C19H23NO2S/c1-21-15-10-16(13-6-8-20-9-7-13)19-17(11-15)22-12-14-4-2-3-5-18(14)23-19/h2-5,11-13,16,18,20H,6-10H2,1H3. The van der Waals surface area contributed by atoms with E-state index in [1.54, 1.807) is 7.11 Å². The number of thioether (sulfide) groups is 1. The number of rotatable bonds is 2. The Morgan fingerprint density at radius 3 is 2.96 bits per heavy atom. The minimum Gasteiger partial charge on any atom is -0.501 e. The average Bonchev–Trinajstić information content (AvgIpc) is 2.81. The van der Waals surface area contributed by atoms with Crippen molar-refractivity contribution in [2.24, 2.45) is 11.8 Å². The van der Waals surface area contributed by atoms with E-state index in [9.17, 15) is 0 Å². The van der Waals surface area contributed by atoms with Gasteiger partial charge in [-0.25, -0.2) is 0 Å². The van der Waals surface area contributed by atoms with Gasteiger partial charge in [0.25, 0.3) is 0 Å². The van der Waals surface area contributed by atoms with Gasteiger partial charge < -0.3 is 14.8 Å². The zero-order valence-corrected chi connectivity index (χ0v) is 14.3. The molecule has 0 amide bonds. The fourth-order valence-electron chi connectivity index (χ4n) is 3.80. The summed E-state index contributed by atoms with van der Waals surface area (Å²) >= 11 is 1.96. The van der Waals surface area contributed by atoms with Crippen molar-refractivity contribution < 1.29 is 9.47 Å². The van der Waals surface area contributed by atoms with E-state index in [1.165, 1.54) is 23.3 Å². The second kappa shape index (κ2) is 6.62. The first kappa shape index (κ1) is 15.2. The molecule has 122 valence electrons. The van der Waals surface area contributed by atoms with Gasteiger partial charge in [-0.1, -0.05) is 24.3 Å². The molecule has 2 unspecified atom stereocenters.